The van der Waals surface area contributed by atoms with Gasteiger partial charge in [0.2, 0.25) is 0 Å². The Morgan fingerprint density at radius 2 is 2.11 bits per heavy atom. The lowest BCUT2D eigenvalue weighted by molar-refractivity contribution is 0.0886. The van der Waals surface area contributed by atoms with E-state index in [1.807, 2.05) is 13.8 Å². The van der Waals surface area contributed by atoms with Gasteiger partial charge in [0.15, 0.2) is 0 Å². The molecule has 1 aromatic carbocycles. The van der Waals surface area contributed by atoms with Crippen molar-refractivity contribution in [1.29, 1.82) is 0 Å². The van der Waals surface area contributed by atoms with Crippen LogP contribution >= 0.6 is 23.2 Å². The van der Waals surface area contributed by atoms with Gasteiger partial charge in [0, 0.05) is 17.2 Å². The summed E-state index contributed by atoms with van der Waals surface area (Å²) in [4.78, 5) is 12.1. The number of hydrogen-bond donors (Lipinski definition) is 2. The lowest BCUT2D eigenvalue weighted by Crippen LogP contribution is -2.46. The first-order valence-corrected chi connectivity index (χ1v) is 6.56. The van der Waals surface area contributed by atoms with Gasteiger partial charge >= 0.3 is 0 Å². The number of carbonyl (C=O) groups is 1. The normalized spacial score (nSPS) is 14.1. The molecule has 1 unspecified atom stereocenters. The van der Waals surface area contributed by atoms with Crippen molar-refractivity contribution in [3.8, 4) is 0 Å². The van der Waals surface area contributed by atoms with Crippen molar-refractivity contribution in [3.63, 3.8) is 0 Å². The summed E-state index contributed by atoms with van der Waals surface area (Å²) in [6.07, 6.45) is 1.23. The van der Waals surface area contributed by atoms with E-state index in [2.05, 4.69) is 5.32 Å². The second-order valence-electron chi connectivity index (χ2n) is 4.47. The quantitative estimate of drug-likeness (QED) is 0.874. The van der Waals surface area contributed by atoms with Crippen LogP contribution in [0.15, 0.2) is 18.2 Å². The van der Waals surface area contributed by atoms with Crippen molar-refractivity contribution >= 4 is 29.1 Å². The van der Waals surface area contributed by atoms with Crippen molar-refractivity contribution in [2.75, 3.05) is 6.61 Å². The van der Waals surface area contributed by atoms with E-state index in [-0.39, 0.29) is 12.5 Å². The summed E-state index contributed by atoms with van der Waals surface area (Å²) in [5.74, 6) is -0.255. The van der Waals surface area contributed by atoms with Gasteiger partial charge in [0.05, 0.1) is 10.6 Å². The molecule has 1 rings (SSSR count). The molecule has 1 amide bonds. The molecule has 0 aromatic heterocycles. The summed E-state index contributed by atoms with van der Waals surface area (Å²) in [6.45, 7) is 3.88. The molecule has 0 aliphatic rings. The van der Waals surface area contributed by atoms with Crippen LogP contribution < -0.4 is 5.32 Å². The Hall–Kier alpha value is -0.770. The Morgan fingerprint density at radius 3 is 2.61 bits per heavy atom. The van der Waals surface area contributed by atoms with Crippen LogP contribution in [-0.4, -0.2) is 23.2 Å². The SMILES string of the molecule is CCC(C)(CCO)NC(=O)c1ccc(Cl)cc1Cl. The summed E-state index contributed by atoms with van der Waals surface area (Å²) in [5.41, 5.74) is -0.0480. The predicted molar refractivity (Wildman–Crippen MR) is 74.3 cm³/mol. The highest BCUT2D eigenvalue weighted by molar-refractivity contribution is 6.36. The van der Waals surface area contributed by atoms with Gasteiger partial charge in [0.25, 0.3) is 5.91 Å². The third kappa shape index (κ3) is 3.87. The highest BCUT2D eigenvalue weighted by atomic mass is 35.5. The van der Waals surface area contributed by atoms with Gasteiger partial charge in [-0.2, -0.15) is 0 Å². The van der Waals surface area contributed by atoms with Gasteiger partial charge in [-0.25, -0.2) is 0 Å². The van der Waals surface area contributed by atoms with Crippen LogP contribution in [-0.2, 0) is 0 Å². The average molecular weight is 290 g/mol. The lowest BCUT2D eigenvalue weighted by Gasteiger charge is -2.29. The summed E-state index contributed by atoms with van der Waals surface area (Å²) in [5, 5.41) is 12.7. The highest BCUT2D eigenvalue weighted by Crippen LogP contribution is 2.22. The zero-order valence-electron chi connectivity index (χ0n) is 10.5. The van der Waals surface area contributed by atoms with E-state index in [0.717, 1.165) is 6.42 Å². The van der Waals surface area contributed by atoms with Crippen LogP contribution in [0.3, 0.4) is 0 Å². The number of carbonyl (C=O) groups excluding carboxylic acids is 1. The van der Waals surface area contributed by atoms with Gasteiger partial charge < -0.3 is 10.4 Å². The minimum absolute atomic E-state index is 0.0268. The first-order valence-electron chi connectivity index (χ1n) is 5.80. The van der Waals surface area contributed by atoms with E-state index in [1.165, 1.54) is 6.07 Å². The Kier molecular flexibility index (Phi) is 5.45. The standard InChI is InChI=1S/C13H17Cl2NO2/c1-3-13(2,6-7-17)16-12(18)10-5-4-9(14)8-11(10)15/h4-5,8,17H,3,6-7H2,1-2H3,(H,16,18). The van der Waals surface area contributed by atoms with E-state index >= 15 is 0 Å². The maximum Gasteiger partial charge on any atom is 0.253 e. The fourth-order valence-corrected chi connectivity index (χ4v) is 2.08. The largest absolute Gasteiger partial charge is 0.396 e. The Bertz CT molecular complexity index is 437. The summed E-state index contributed by atoms with van der Waals surface area (Å²) in [7, 11) is 0. The maximum atomic E-state index is 12.1. The number of amides is 1. The number of aliphatic hydroxyl groups excluding tert-OH is 1. The molecule has 1 atom stereocenters. The number of rotatable bonds is 5. The molecule has 100 valence electrons. The zero-order valence-corrected chi connectivity index (χ0v) is 12.0. The molecule has 5 heteroatoms. The average Bonchev–Trinajstić information content (AvgIpc) is 2.28. The number of nitrogens with one attached hydrogen (secondary N) is 1. The fourth-order valence-electron chi connectivity index (χ4n) is 1.59. The number of hydrogen-bond acceptors (Lipinski definition) is 2. The van der Waals surface area contributed by atoms with Crippen LogP contribution in [0, 0.1) is 0 Å². The molecule has 0 spiro atoms. The monoisotopic (exact) mass is 289 g/mol. The maximum absolute atomic E-state index is 12.1. The van der Waals surface area contributed by atoms with Gasteiger partial charge in [-0.1, -0.05) is 30.1 Å². The molecule has 3 nitrogen and oxygen atoms in total. The van der Waals surface area contributed by atoms with Crippen LogP contribution in [0.2, 0.25) is 10.0 Å². The van der Waals surface area contributed by atoms with Crippen LogP contribution in [0.25, 0.3) is 0 Å². The molecule has 0 saturated heterocycles. The summed E-state index contributed by atoms with van der Waals surface area (Å²) in [6, 6.07) is 4.75. The third-order valence-corrected chi connectivity index (χ3v) is 3.58. The van der Waals surface area contributed by atoms with Crippen LogP contribution in [0.5, 0.6) is 0 Å². The van der Waals surface area contributed by atoms with Crippen molar-refractivity contribution in [3.05, 3.63) is 33.8 Å². The lowest BCUT2D eigenvalue weighted by atomic mass is 9.94. The van der Waals surface area contributed by atoms with Crippen molar-refractivity contribution in [2.45, 2.75) is 32.2 Å². The Labute approximate surface area is 117 Å². The molecule has 1 aromatic rings. The zero-order chi connectivity index (χ0) is 13.8. The highest BCUT2D eigenvalue weighted by Gasteiger charge is 2.25. The van der Waals surface area contributed by atoms with Gasteiger partial charge in [0.1, 0.15) is 0 Å². The topological polar surface area (TPSA) is 49.3 Å². The summed E-state index contributed by atoms with van der Waals surface area (Å²) < 4.78 is 0. The molecular weight excluding hydrogens is 273 g/mol. The smallest absolute Gasteiger partial charge is 0.253 e. The fraction of sp³-hybridized carbons (Fsp3) is 0.462. The van der Waals surface area contributed by atoms with Crippen LogP contribution in [0.4, 0.5) is 0 Å². The Balaban J connectivity index is 2.87. The molecule has 0 bridgehead atoms. The first kappa shape index (κ1) is 15.3. The molecule has 2 N–H and O–H groups in total. The van der Waals surface area contributed by atoms with E-state index < -0.39 is 5.54 Å². The molecular formula is C13H17Cl2NO2. The second kappa shape index (κ2) is 6.41. The molecule has 0 radical (unpaired) electrons. The Morgan fingerprint density at radius 1 is 1.44 bits per heavy atom. The molecule has 0 aliphatic heterocycles. The van der Waals surface area contributed by atoms with E-state index in [0.29, 0.717) is 22.0 Å². The second-order valence-corrected chi connectivity index (χ2v) is 5.31. The predicted octanol–water partition coefficient (Wildman–Crippen LogP) is 3.27. The van der Waals surface area contributed by atoms with E-state index in [1.54, 1.807) is 12.1 Å². The number of benzene rings is 1. The van der Waals surface area contributed by atoms with E-state index in [9.17, 15) is 4.79 Å². The molecule has 0 heterocycles. The molecule has 0 fully saturated rings. The van der Waals surface area contributed by atoms with Gasteiger partial charge in [-0.3, -0.25) is 4.79 Å². The van der Waals surface area contributed by atoms with Crippen molar-refractivity contribution < 1.29 is 9.90 Å². The summed E-state index contributed by atoms with van der Waals surface area (Å²) >= 11 is 11.8. The minimum atomic E-state index is -0.436. The van der Waals surface area contributed by atoms with Gasteiger partial charge in [-0.05, 0) is 38.0 Å². The molecule has 0 aliphatic carbocycles. The first-order chi connectivity index (χ1) is 8.41. The minimum Gasteiger partial charge on any atom is -0.396 e. The van der Waals surface area contributed by atoms with Crippen molar-refractivity contribution in [2.24, 2.45) is 0 Å². The van der Waals surface area contributed by atoms with E-state index in [4.69, 9.17) is 28.3 Å². The third-order valence-electron chi connectivity index (χ3n) is 3.03. The molecule has 18 heavy (non-hydrogen) atoms. The van der Waals surface area contributed by atoms with Crippen molar-refractivity contribution in [1.82, 2.24) is 5.32 Å². The number of halogens is 2. The molecule has 0 saturated carbocycles. The van der Waals surface area contributed by atoms with Gasteiger partial charge in [-0.15, -0.1) is 0 Å². The number of aliphatic hydroxyl groups is 1. The van der Waals surface area contributed by atoms with Crippen LogP contribution in [0.1, 0.15) is 37.0 Å².